The molecule has 0 aliphatic carbocycles. The van der Waals surface area contributed by atoms with Gasteiger partial charge < -0.3 is 10.0 Å². The fourth-order valence-electron chi connectivity index (χ4n) is 2.45. The summed E-state index contributed by atoms with van der Waals surface area (Å²) in [6.07, 6.45) is 0.780. The third-order valence-electron chi connectivity index (χ3n) is 3.79. The van der Waals surface area contributed by atoms with Crippen molar-refractivity contribution in [3.63, 3.8) is 0 Å². The summed E-state index contributed by atoms with van der Waals surface area (Å²) in [6.45, 7) is 5.30. The Bertz CT molecular complexity index is 456. The highest BCUT2D eigenvalue weighted by molar-refractivity contribution is 9.10. The van der Waals surface area contributed by atoms with Crippen molar-refractivity contribution in [1.29, 1.82) is 0 Å². The highest BCUT2D eigenvalue weighted by Crippen LogP contribution is 2.29. The Kier molecular flexibility index (Phi) is 4.31. The van der Waals surface area contributed by atoms with E-state index in [4.69, 9.17) is 0 Å². The molecular weight excluding hydrogens is 306 g/mol. The highest BCUT2D eigenvalue weighted by atomic mass is 79.9. The molecule has 4 heteroatoms. The molecule has 1 aliphatic heterocycles. The lowest BCUT2D eigenvalue weighted by atomic mass is 9.81. The summed E-state index contributed by atoms with van der Waals surface area (Å²) in [5.41, 5.74) is 0.810. The molecule has 1 fully saturated rings. The van der Waals surface area contributed by atoms with Crippen molar-refractivity contribution in [2.75, 3.05) is 13.1 Å². The second-order valence-corrected chi connectivity index (χ2v) is 6.83. The van der Waals surface area contributed by atoms with Crippen LogP contribution in [0.4, 0.5) is 0 Å². The van der Waals surface area contributed by atoms with E-state index in [1.807, 2.05) is 43.0 Å². The summed E-state index contributed by atoms with van der Waals surface area (Å²) in [5, 5.41) is 9.91. The van der Waals surface area contributed by atoms with Crippen LogP contribution in [-0.4, -0.2) is 35.1 Å². The molecule has 0 aromatic heterocycles. The molecule has 19 heavy (non-hydrogen) atoms. The standard InChI is InChI=1S/C15H20BrNO2/c1-15(2)10-17(8-7-13(15)18)14(19)9-11-3-5-12(16)6-4-11/h3-6,13,18H,7-10H2,1-2H3. The molecule has 1 unspecified atom stereocenters. The average molecular weight is 326 g/mol. The smallest absolute Gasteiger partial charge is 0.227 e. The zero-order valence-electron chi connectivity index (χ0n) is 11.4. The van der Waals surface area contributed by atoms with Crippen LogP contribution in [-0.2, 0) is 11.2 Å². The van der Waals surface area contributed by atoms with Crippen LogP contribution in [0.15, 0.2) is 28.7 Å². The first-order valence-corrected chi connectivity index (χ1v) is 7.38. The monoisotopic (exact) mass is 325 g/mol. The van der Waals surface area contributed by atoms with Crippen LogP contribution in [0.1, 0.15) is 25.8 Å². The minimum absolute atomic E-state index is 0.141. The van der Waals surface area contributed by atoms with Gasteiger partial charge in [0.05, 0.1) is 12.5 Å². The Morgan fingerprint density at radius 1 is 1.42 bits per heavy atom. The van der Waals surface area contributed by atoms with Crippen LogP contribution in [0.25, 0.3) is 0 Å². The Morgan fingerprint density at radius 2 is 2.05 bits per heavy atom. The third kappa shape index (κ3) is 3.57. The van der Waals surface area contributed by atoms with E-state index in [0.29, 0.717) is 25.9 Å². The molecule has 3 nitrogen and oxygen atoms in total. The van der Waals surface area contributed by atoms with Crippen LogP contribution in [0.3, 0.4) is 0 Å². The quantitative estimate of drug-likeness (QED) is 0.908. The van der Waals surface area contributed by atoms with E-state index in [-0.39, 0.29) is 17.4 Å². The molecule has 0 saturated carbocycles. The normalized spacial score (nSPS) is 22.3. The van der Waals surface area contributed by atoms with Crippen LogP contribution in [0, 0.1) is 5.41 Å². The molecule has 1 saturated heterocycles. The van der Waals surface area contributed by atoms with E-state index in [2.05, 4.69) is 15.9 Å². The summed E-state index contributed by atoms with van der Waals surface area (Å²) >= 11 is 3.39. The predicted octanol–water partition coefficient (Wildman–Crippen LogP) is 2.61. The number of aliphatic hydroxyl groups excluding tert-OH is 1. The maximum absolute atomic E-state index is 12.3. The lowest BCUT2D eigenvalue weighted by molar-refractivity contribution is -0.137. The van der Waals surface area contributed by atoms with Gasteiger partial charge in [0.15, 0.2) is 0 Å². The van der Waals surface area contributed by atoms with Gasteiger partial charge in [0, 0.05) is 23.0 Å². The maximum Gasteiger partial charge on any atom is 0.227 e. The van der Waals surface area contributed by atoms with E-state index in [0.717, 1.165) is 10.0 Å². The number of halogens is 1. The maximum atomic E-state index is 12.3. The fraction of sp³-hybridized carbons (Fsp3) is 0.533. The second kappa shape index (κ2) is 5.63. The minimum atomic E-state index is -0.316. The first-order chi connectivity index (χ1) is 8.88. The fourth-order valence-corrected chi connectivity index (χ4v) is 2.71. The van der Waals surface area contributed by atoms with E-state index in [9.17, 15) is 9.90 Å². The highest BCUT2D eigenvalue weighted by Gasteiger charge is 2.36. The molecule has 0 spiro atoms. The Labute approximate surface area is 122 Å². The van der Waals surface area contributed by atoms with Gasteiger partial charge in [0.1, 0.15) is 0 Å². The molecule has 1 amide bonds. The van der Waals surface area contributed by atoms with Crippen molar-refractivity contribution in [3.8, 4) is 0 Å². The van der Waals surface area contributed by atoms with Gasteiger partial charge in [0.2, 0.25) is 5.91 Å². The van der Waals surface area contributed by atoms with E-state index >= 15 is 0 Å². The third-order valence-corrected chi connectivity index (χ3v) is 4.32. The molecule has 1 aromatic rings. The SMILES string of the molecule is CC1(C)CN(C(=O)Cc2ccc(Br)cc2)CCC1O. The molecular formula is C15H20BrNO2. The summed E-state index contributed by atoms with van der Waals surface area (Å²) in [6, 6.07) is 7.83. The van der Waals surface area contributed by atoms with Crippen LogP contribution < -0.4 is 0 Å². The van der Waals surface area contributed by atoms with Gasteiger partial charge in [-0.05, 0) is 24.1 Å². The van der Waals surface area contributed by atoms with E-state index in [1.165, 1.54) is 0 Å². The summed E-state index contributed by atoms with van der Waals surface area (Å²) < 4.78 is 1.02. The van der Waals surface area contributed by atoms with Crippen molar-refractivity contribution in [3.05, 3.63) is 34.3 Å². The van der Waals surface area contributed by atoms with E-state index in [1.54, 1.807) is 0 Å². The topological polar surface area (TPSA) is 40.5 Å². The van der Waals surface area contributed by atoms with Crippen LogP contribution in [0.5, 0.6) is 0 Å². The molecule has 1 N–H and O–H groups in total. The first kappa shape index (κ1) is 14.5. The van der Waals surface area contributed by atoms with Gasteiger partial charge >= 0.3 is 0 Å². The predicted molar refractivity (Wildman–Crippen MR) is 78.8 cm³/mol. The largest absolute Gasteiger partial charge is 0.392 e. The number of hydrogen-bond acceptors (Lipinski definition) is 2. The van der Waals surface area contributed by atoms with Crippen molar-refractivity contribution >= 4 is 21.8 Å². The molecule has 1 aliphatic rings. The molecule has 0 radical (unpaired) electrons. The number of amides is 1. The lowest BCUT2D eigenvalue weighted by Crippen LogP contribution is -2.51. The summed E-state index contributed by atoms with van der Waals surface area (Å²) in [7, 11) is 0. The van der Waals surface area contributed by atoms with Crippen LogP contribution >= 0.6 is 15.9 Å². The second-order valence-electron chi connectivity index (χ2n) is 5.91. The summed E-state index contributed by atoms with van der Waals surface area (Å²) in [5.74, 6) is 0.141. The van der Waals surface area contributed by atoms with Gasteiger partial charge in [-0.3, -0.25) is 4.79 Å². The van der Waals surface area contributed by atoms with Crippen molar-refractivity contribution in [1.82, 2.24) is 4.90 Å². The molecule has 1 atom stereocenters. The number of piperidine rings is 1. The van der Waals surface area contributed by atoms with Crippen LogP contribution in [0.2, 0.25) is 0 Å². The zero-order valence-corrected chi connectivity index (χ0v) is 13.0. The van der Waals surface area contributed by atoms with Crippen molar-refractivity contribution in [2.24, 2.45) is 5.41 Å². The zero-order chi connectivity index (χ0) is 14.0. The number of aliphatic hydroxyl groups is 1. The van der Waals surface area contributed by atoms with Gasteiger partial charge in [-0.25, -0.2) is 0 Å². The number of nitrogens with zero attached hydrogens (tertiary/aromatic N) is 1. The number of carbonyl (C=O) groups is 1. The molecule has 104 valence electrons. The molecule has 1 aromatic carbocycles. The average Bonchev–Trinajstić information content (AvgIpc) is 2.35. The number of likely N-dealkylation sites (tertiary alicyclic amines) is 1. The number of carbonyl (C=O) groups excluding carboxylic acids is 1. The van der Waals surface area contributed by atoms with Crippen molar-refractivity contribution in [2.45, 2.75) is 32.8 Å². The molecule has 0 bridgehead atoms. The lowest BCUT2D eigenvalue weighted by Gasteiger charge is -2.41. The Balaban J connectivity index is 1.99. The van der Waals surface area contributed by atoms with Gasteiger partial charge in [-0.2, -0.15) is 0 Å². The van der Waals surface area contributed by atoms with Gasteiger partial charge in [0.25, 0.3) is 0 Å². The molecule has 1 heterocycles. The van der Waals surface area contributed by atoms with Crippen molar-refractivity contribution < 1.29 is 9.90 Å². The molecule has 2 rings (SSSR count). The Hall–Kier alpha value is -0.870. The number of benzene rings is 1. The van der Waals surface area contributed by atoms with E-state index < -0.39 is 0 Å². The Morgan fingerprint density at radius 3 is 2.63 bits per heavy atom. The van der Waals surface area contributed by atoms with Gasteiger partial charge in [-0.15, -0.1) is 0 Å². The summed E-state index contributed by atoms with van der Waals surface area (Å²) in [4.78, 5) is 14.1. The number of hydrogen-bond donors (Lipinski definition) is 1. The number of rotatable bonds is 2. The first-order valence-electron chi connectivity index (χ1n) is 6.59. The minimum Gasteiger partial charge on any atom is -0.392 e. The van der Waals surface area contributed by atoms with Gasteiger partial charge in [-0.1, -0.05) is 41.9 Å².